The van der Waals surface area contributed by atoms with E-state index in [1.807, 2.05) is 50.2 Å². The van der Waals surface area contributed by atoms with E-state index < -0.39 is 67.8 Å². The number of benzodiazepines with no additional fused rings is 1. The van der Waals surface area contributed by atoms with Gasteiger partial charge in [-0.25, -0.2) is 4.99 Å². The average molecular weight is 587 g/mol. The SMILES string of the molecule is CCC(F)(F)F.CCc1cccc2c1NC(=O)C(NC(=O)C(CCC(F)(F)F)CC(N)=O)N=C2c1cccc(C)c1. The monoisotopic (exact) mass is 586 g/mol. The van der Waals surface area contributed by atoms with Crippen LogP contribution in [0.1, 0.15) is 61.8 Å². The number of carbonyl (C=O) groups excluding carboxylic acids is 3. The van der Waals surface area contributed by atoms with Crippen LogP contribution in [0.15, 0.2) is 47.5 Å². The minimum Gasteiger partial charge on any atom is -0.370 e. The molecule has 3 rings (SSSR count). The molecule has 2 aromatic carbocycles. The zero-order chi connectivity index (χ0) is 31.0. The molecule has 0 aromatic heterocycles. The van der Waals surface area contributed by atoms with Gasteiger partial charge < -0.3 is 16.4 Å². The van der Waals surface area contributed by atoms with Gasteiger partial charge in [0.2, 0.25) is 18.0 Å². The summed E-state index contributed by atoms with van der Waals surface area (Å²) in [5.74, 6) is -3.81. The predicted octanol–water partition coefficient (Wildman–Crippen LogP) is 5.58. The summed E-state index contributed by atoms with van der Waals surface area (Å²) >= 11 is 0. The molecule has 41 heavy (non-hydrogen) atoms. The summed E-state index contributed by atoms with van der Waals surface area (Å²) in [7, 11) is 0. The average Bonchev–Trinajstić information content (AvgIpc) is 3.01. The van der Waals surface area contributed by atoms with Gasteiger partial charge in [-0.05, 0) is 31.4 Å². The molecular formula is C28H32F6N4O3. The fourth-order valence-electron chi connectivity index (χ4n) is 3.97. The summed E-state index contributed by atoms with van der Waals surface area (Å²) in [5, 5.41) is 5.23. The standard InChI is InChI=1S/C25H27F3N4O3.C3H5F3/c1-3-15-7-5-9-18-20(15)31-24(35)22(30-21(18)16-8-4-6-14(2)12-16)32-23(34)17(13-19(29)33)10-11-25(26,27)28;1-2-3(4,5)6/h4-9,12,17,22H,3,10-11,13H2,1-2H3,(H2,29,33)(H,31,35)(H,32,34);2H2,1H3. The molecule has 0 saturated heterocycles. The molecule has 2 aromatic rings. The Labute approximate surface area is 233 Å². The van der Waals surface area contributed by atoms with Crippen LogP contribution in [-0.2, 0) is 20.8 Å². The van der Waals surface area contributed by atoms with Crippen LogP contribution >= 0.6 is 0 Å². The Morgan fingerprint density at radius 3 is 2.22 bits per heavy atom. The molecule has 1 aliphatic heterocycles. The number of rotatable bonds is 8. The van der Waals surface area contributed by atoms with Crippen LogP contribution in [0.3, 0.4) is 0 Å². The van der Waals surface area contributed by atoms with Crippen molar-refractivity contribution in [2.24, 2.45) is 16.6 Å². The van der Waals surface area contributed by atoms with E-state index in [0.29, 0.717) is 28.9 Å². The summed E-state index contributed by atoms with van der Waals surface area (Å²) in [6.07, 6.45) is -12.5. The first-order chi connectivity index (χ1) is 19.0. The molecule has 0 fully saturated rings. The Morgan fingerprint density at radius 2 is 1.68 bits per heavy atom. The fraction of sp³-hybridized carbons (Fsp3) is 0.429. The second kappa shape index (κ2) is 14.1. The Bertz CT molecular complexity index is 1270. The number of nitrogens with two attached hydrogens (primary N) is 1. The van der Waals surface area contributed by atoms with Crippen molar-refractivity contribution in [1.82, 2.24) is 5.32 Å². The van der Waals surface area contributed by atoms with Crippen LogP contribution in [0.4, 0.5) is 32.0 Å². The number of nitrogens with one attached hydrogen (secondary N) is 2. The third kappa shape index (κ3) is 10.5. The van der Waals surface area contributed by atoms with Crippen LogP contribution in [0.25, 0.3) is 0 Å². The number of nitrogens with zero attached hydrogens (tertiary/aromatic N) is 1. The summed E-state index contributed by atoms with van der Waals surface area (Å²) < 4.78 is 70.6. The van der Waals surface area contributed by atoms with Gasteiger partial charge in [-0.3, -0.25) is 14.4 Å². The van der Waals surface area contributed by atoms with Crippen molar-refractivity contribution in [1.29, 1.82) is 0 Å². The third-order valence-electron chi connectivity index (χ3n) is 6.11. The number of fused-ring (bicyclic) bond motifs is 1. The Balaban J connectivity index is 0.000000883. The van der Waals surface area contributed by atoms with E-state index in [4.69, 9.17) is 5.73 Å². The van der Waals surface area contributed by atoms with Crippen LogP contribution in [0.2, 0.25) is 0 Å². The number of primary amides is 1. The number of hydrogen-bond donors (Lipinski definition) is 3. The van der Waals surface area contributed by atoms with Gasteiger partial charge in [0.15, 0.2) is 0 Å². The van der Waals surface area contributed by atoms with Crippen molar-refractivity contribution >= 4 is 29.1 Å². The van der Waals surface area contributed by atoms with Crippen molar-refractivity contribution in [2.75, 3.05) is 5.32 Å². The zero-order valence-corrected chi connectivity index (χ0v) is 22.7. The van der Waals surface area contributed by atoms with Crippen LogP contribution < -0.4 is 16.4 Å². The summed E-state index contributed by atoms with van der Waals surface area (Å²) in [5.41, 5.74) is 9.34. The summed E-state index contributed by atoms with van der Waals surface area (Å²) in [6, 6.07) is 13.0. The second-order valence-corrected chi connectivity index (χ2v) is 9.43. The second-order valence-electron chi connectivity index (χ2n) is 9.43. The van der Waals surface area contributed by atoms with E-state index in [1.165, 1.54) is 0 Å². The smallest absolute Gasteiger partial charge is 0.370 e. The van der Waals surface area contributed by atoms with Gasteiger partial charge >= 0.3 is 12.4 Å². The molecule has 3 amide bonds. The van der Waals surface area contributed by atoms with Crippen molar-refractivity contribution in [3.8, 4) is 0 Å². The van der Waals surface area contributed by atoms with Gasteiger partial charge in [0, 0.05) is 36.3 Å². The minimum atomic E-state index is -4.51. The Hall–Kier alpha value is -3.90. The molecule has 0 spiro atoms. The van der Waals surface area contributed by atoms with E-state index in [9.17, 15) is 40.7 Å². The molecule has 1 heterocycles. The van der Waals surface area contributed by atoms with Gasteiger partial charge in [0.25, 0.3) is 5.91 Å². The molecule has 0 saturated carbocycles. The molecule has 0 radical (unpaired) electrons. The number of hydrogen-bond acceptors (Lipinski definition) is 4. The van der Waals surface area contributed by atoms with E-state index in [2.05, 4.69) is 15.6 Å². The van der Waals surface area contributed by atoms with E-state index in [-0.39, 0.29) is 0 Å². The first-order valence-electron chi connectivity index (χ1n) is 12.8. The Kier molecular flexibility index (Phi) is 11.5. The third-order valence-corrected chi connectivity index (χ3v) is 6.11. The number of amides is 3. The lowest BCUT2D eigenvalue weighted by molar-refractivity contribution is -0.143. The molecule has 1 aliphatic rings. The van der Waals surface area contributed by atoms with Crippen LogP contribution in [-0.4, -0.2) is 42.0 Å². The Morgan fingerprint density at radius 1 is 1.05 bits per heavy atom. The lowest BCUT2D eigenvalue weighted by atomic mass is 9.96. The highest BCUT2D eigenvalue weighted by atomic mass is 19.4. The first kappa shape index (κ1) is 33.3. The highest BCUT2D eigenvalue weighted by Gasteiger charge is 2.34. The predicted molar refractivity (Wildman–Crippen MR) is 142 cm³/mol. The molecule has 7 nitrogen and oxygen atoms in total. The molecule has 13 heteroatoms. The quantitative estimate of drug-likeness (QED) is 0.351. The van der Waals surface area contributed by atoms with Crippen LogP contribution in [0.5, 0.6) is 0 Å². The highest BCUT2D eigenvalue weighted by Crippen LogP contribution is 2.29. The molecule has 0 bridgehead atoms. The number of aryl methyl sites for hydroxylation is 2. The van der Waals surface area contributed by atoms with Gasteiger partial charge in [0.1, 0.15) is 0 Å². The van der Waals surface area contributed by atoms with Crippen molar-refractivity contribution in [3.05, 3.63) is 64.7 Å². The number of aliphatic imine (C=N–C) groups is 1. The number of carbonyl (C=O) groups is 3. The molecule has 0 aliphatic carbocycles. The molecule has 224 valence electrons. The number of halogens is 6. The number of benzene rings is 2. The normalized spacial score (nSPS) is 15.8. The largest absolute Gasteiger partial charge is 0.389 e. The summed E-state index contributed by atoms with van der Waals surface area (Å²) in [4.78, 5) is 41.9. The lowest BCUT2D eigenvalue weighted by Gasteiger charge is -2.19. The maximum absolute atomic E-state index is 13.1. The zero-order valence-electron chi connectivity index (χ0n) is 22.7. The fourth-order valence-corrected chi connectivity index (χ4v) is 3.97. The van der Waals surface area contributed by atoms with Gasteiger partial charge in [-0.1, -0.05) is 55.8 Å². The first-order valence-corrected chi connectivity index (χ1v) is 12.8. The highest BCUT2D eigenvalue weighted by molar-refractivity contribution is 6.20. The maximum Gasteiger partial charge on any atom is 0.389 e. The lowest BCUT2D eigenvalue weighted by Crippen LogP contribution is -2.45. The molecule has 2 atom stereocenters. The van der Waals surface area contributed by atoms with Gasteiger partial charge in [-0.15, -0.1) is 0 Å². The number of anilines is 1. The number of para-hydroxylation sites is 1. The topological polar surface area (TPSA) is 114 Å². The van der Waals surface area contributed by atoms with Crippen molar-refractivity contribution < 1.29 is 40.7 Å². The molecule has 2 unspecified atom stereocenters. The van der Waals surface area contributed by atoms with E-state index >= 15 is 0 Å². The minimum absolute atomic E-state index is 0.449. The van der Waals surface area contributed by atoms with Crippen molar-refractivity contribution in [2.45, 2.75) is 71.4 Å². The molecular weight excluding hydrogens is 554 g/mol. The number of alkyl halides is 6. The van der Waals surface area contributed by atoms with E-state index in [0.717, 1.165) is 18.1 Å². The van der Waals surface area contributed by atoms with Crippen molar-refractivity contribution in [3.63, 3.8) is 0 Å². The van der Waals surface area contributed by atoms with Gasteiger partial charge in [-0.2, -0.15) is 26.3 Å². The van der Waals surface area contributed by atoms with Gasteiger partial charge in [0.05, 0.1) is 11.4 Å². The van der Waals surface area contributed by atoms with Crippen LogP contribution in [0, 0.1) is 12.8 Å². The summed E-state index contributed by atoms with van der Waals surface area (Å²) in [6.45, 7) is 4.92. The van der Waals surface area contributed by atoms with E-state index in [1.54, 1.807) is 6.07 Å². The maximum atomic E-state index is 13.1. The molecule has 4 N–H and O–H groups in total.